The minimum absolute atomic E-state index is 0.0798. The molecule has 0 fully saturated rings. The Morgan fingerprint density at radius 3 is 2.91 bits per heavy atom. The third-order valence-corrected chi connectivity index (χ3v) is 1.75. The van der Waals surface area contributed by atoms with Crippen LogP contribution in [0.5, 0.6) is 0 Å². The first-order valence-corrected chi connectivity index (χ1v) is 3.94. The molecule has 0 unspecified atom stereocenters. The molecule has 0 atom stereocenters. The zero-order valence-corrected chi connectivity index (χ0v) is 7.06. The van der Waals surface area contributed by atoms with E-state index in [-0.39, 0.29) is 6.61 Å². The molecule has 1 aromatic heterocycles. The van der Waals surface area contributed by atoms with E-state index in [1.165, 1.54) is 0 Å². The van der Waals surface area contributed by atoms with Crippen molar-refractivity contribution in [3.63, 3.8) is 0 Å². The molecule has 0 saturated heterocycles. The van der Waals surface area contributed by atoms with Gasteiger partial charge in [0.05, 0.1) is 6.61 Å². The van der Waals surface area contributed by atoms with Crippen LogP contribution in [-0.4, -0.2) is 16.1 Å². The van der Waals surface area contributed by atoms with Crippen molar-refractivity contribution in [3.8, 4) is 0 Å². The van der Waals surface area contributed by atoms with Gasteiger partial charge in [0.25, 0.3) is 0 Å². The lowest BCUT2D eigenvalue weighted by molar-refractivity contribution is 0.265. The molecular formula is C7H10ClNO2. The topological polar surface area (TPSA) is 46.3 Å². The number of hydrogen-bond donors (Lipinski definition) is 1. The second-order valence-corrected chi connectivity index (χ2v) is 2.64. The van der Waals surface area contributed by atoms with E-state index in [9.17, 15) is 0 Å². The number of rotatable bonds is 3. The second-order valence-electron chi connectivity index (χ2n) is 2.26. The summed E-state index contributed by atoms with van der Waals surface area (Å²) in [6, 6.07) is 0. The number of alkyl halides is 1. The SMILES string of the molecule is Cc1onc(CO)c1CCCl. The van der Waals surface area contributed by atoms with Crippen molar-refractivity contribution in [2.45, 2.75) is 20.0 Å². The monoisotopic (exact) mass is 175 g/mol. The molecule has 11 heavy (non-hydrogen) atoms. The Bertz CT molecular complexity index is 234. The maximum Gasteiger partial charge on any atom is 0.137 e. The molecule has 1 N–H and O–H groups in total. The van der Waals surface area contributed by atoms with Crippen LogP contribution >= 0.6 is 11.6 Å². The smallest absolute Gasteiger partial charge is 0.137 e. The molecule has 0 amide bonds. The Morgan fingerprint density at radius 1 is 1.64 bits per heavy atom. The van der Waals surface area contributed by atoms with Gasteiger partial charge >= 0.3 is 0 Å². The van der Waals surface area contributed by atoms with Crippen molar-refractivity contribution in [1.29, 1.82) is 0 Å². The first kappa shape index (κ1) is 8.56. The average Bonchev–Trinajstić information content (AvgIpc) is 2.34. The molecule has 1 heterocycles. The van der Waals surface area contributed by atoms with Gasteiger partial charge in [-0.1, -0.05) is 5.16 Å². The molecule has 0 saturated carbocycles. The summed E-state index contributed by atoms with van der Waals surface area (Å²) < 4.78 is 4.87. The van der Waals surface area contributed by atoms with Gasteiger partial charge in [0.15, 0.2) is 0 Å². The molecule has 4 heteroatoms. The summed E-state index contributed by atoms with van der Waals surface area (Å²) in [5, 5.41) is 12.5. The number of aliphatic hydroxyl groups excluding tert-OH is 1. The fourth-order valence-corrected chi connectivity index (χ4v) is 1.17. The third-order valence-electron chi connectivity index (χ3n) is 1.56. The Morgan fingerprint density at radius 2 is 2.36 bits per heavy atom. The predicted octanol–water partition coefficient (Wildman–Crippen LogP) is 1.26. The Kier molecular flexibility index (Phi) is 2.91. The normalized spacial score (nSPS) is 10.5. The Labute approximate surface area is 70.0 Å². The number of nitrogens with zero attached hydrogens (tertiary/aromatic N) is 1. The molecule has 0 radical (unpaired) electrons. The quantitative estimate of drug-likeness (QED) is 0.704. The number of halogens is 1. The molecule has 62 valence electrons. The fraction of sp³-hybridized carbons (Fsp3) is 0.571. The van der Waals surface area contributed by atoms with Crippen molar-refractivity contribution >= 4 is 11.6 Å². The summed E-state index contributed by atoms with van der Waals surface area (Å²) in [6.45, 7) is 1.73. The van der Waals surface area contributed by atoms with Gasteiger partial charge in [-0.15, -0.1) is 11.6 Å². The summed E-state index contributed by atoms with van der Waals surface area (Å²) in [4.78, 5) is 0. The highest BCUT2D eigenvalue weighted by Gasteiger charge is 2.09. The van der Waals surface area contributed by atoms with Gasteiger partial charge in [0.2, 0.25) is 0 Å². The van der Waals surface area contributed by atoms with E-state index in [1.54, 1.807) is 0 Å². The van der Waals surface area contributed by atoms with E-state index in [1.807, 2.05) is 6.92 Å². The van der Waals surface area contributed by atoms with Crippen molar-refractivity contribution in [2.75, 3.05) is 5.88 Å². The van der Waals surface area contributed by atoms with Crippen LogP contribution in [0, 0.1) is 6.92 Å². The zero-order chi connectivity index (χ0) is 8.27. The molecule has 0 aliphatic heterocycles. The highest BCUT2D eigenvalue weighted by Crippen LogP contribution is 2.14. The maximum absolute atomic E-state index is 8.79. The van der Waals surface area contributed by atoms with Gasteiger partial charge in [-0.05, 0) is 13.3 Å². The average molecular weight is 176 g/mol. The van der Waals surface area contributed by atoms with Crippen molar-refractivity contribution in [2.24, 2.45) is 0 Å². The molecule has 0 aliphatic carbocycles. The minimum atomic E-state index is -0.0798. The second kappa shape index (κ2) is 3.74. The van der Waals surface area contributed by atoms with Gasteiger partial charge < -0.3 is 9.63 Å². The van der Waals surface area contributed by atoms with Crippen LogP contribution in [0.15, 0.2) is 4.52 Å². The summed E-state index contributed by atoms with van der Waals surface area (Å²) in [7, 11) is 0. The van der Waals surface area contributed by atoms with Gasteiger partial charge in [-0.2, -0.15) is 0 Å². The minimum Gasteiger partial charge on any atom is -0.390 e. The van der Waals surface area contributed by atoms with E-state index in [4.69, 9.17) is 21.2 Å². The standard InChI is InChI=1S/C7H10ClNO2/c1-5-6(2-3-8)7(4-10)9-11-5/h10H,2-4H2,1H3. The molecule has 0 aromatic carbocycles. The molecule has 1 rings (SSSR count). The van der Waals surface area contributed by atoms with E-state index in [2.05, 4.69) is 5.16 Å². The van der Waals surface area contributed by atoms with Crippen LogP contribution in [0.2, 0.25) is 0 Å². The van der Waals surface area contributed by atoms with Crippen LogP contribution in [0.3, 0.4) is 0 Å². The number of aliphatic hydroxyl groups is 1. The number of aromatic nitrogens is 1. The highest BCUT2D eigenvalue weighted by molar-refractivity contribution is 6.18. The lowest BCUT2D eigenvalue weighted by Gasteiger charge is -1.94. The van der Waals surface area contributed by atoms with Crippen molar-refractivity contribution in [3.05, 3.63) is 17.0 Å². The first-order valence-electron chi connectivity index (χ1n) is 3.40. The predicted molar refractivity (Wildman–Crippen MR) is 41.6 cm³/mol. The van der Waals surface area contributed by atoms with Gasteiger partial charge in [-0.25, -0.2) is 0 Å². The van der Waals surface area contributed by atoms with Crippen LogP contribution in [-0.2, 0) is 13.0 Å². The first-order chi connectivity index (χ1) is 5.29. The van der Waals surface area contributed by atoms with E-state index in [0.717, 1.165) is 11.3 Å². The third kappa shape index (κ3) is 1.73. The molecule has 0 bridgehead atoms. The van der Waals surface area contributed by atoms with Gasteiger partial charge in [0, 0.05) is 11.4 Å². The Hall–Kier alpha value is -0.540. The lowest BCUT2D eigenvalue weighted by Crippen LogP contribution is -1.93. The maximum atomic E-state index is 8.79. The number of aryl methyl sites for hydroxylation is 1. The van der Waals surface area contributed by atoms with E-state index in [0.29, 0.717) is 18.0 Å². The molecule has 3 nitrogen and oxygen atoms in total. The fourth-order valence-electron chi connectivity index (χ4n) is 0.976. The van der Waals surface area contributed by atoms with Gasteiger partial charge in [0.1, 0.15) is 11.5 Å². The van der Waals surface area contributed by atoms with Crippen LogP contribution in [0.4, 0.5) is 0 Å². The molecule has 0 aliphatic rings. The van der Waals surface area contributed by atoms with Crippen LogP contribution in [0.1, 0.15) is 17.0 Å². The number of hydrogen-bond acceptors (Lipinski definition) is 3. The van der Waals surface area contributed by atoms with Crippen molar-refractivity contribution < 1.29 is 9.63 Å². The Balaban J connectivity index is 2.88. The molecule has 1 aromatic rings. The zero-order valence-electron chi connectivity index (χ0n) is 6.30. The van der Waals surface area contributed by atoms with E-state index >= 15 is 0 Å². The van der Waals surface area contributed by atoms with Crippen LogP contribution in [0.25, 0.3) is 0 Å². The summed E-state index contributed by atoms with van der Waals surface area (Å²) in [6.07, 6.45) is 0.701. The summed E-state index contributed by atoms with van der Waals surface area (Å²) >= 11 is 5.54. The summed E-state index contributed by atoms with van der Waals surface area (Å²) in [5.41, 5.74) is 1.53. The largest absolute Gasteiger partial charge is 0.390 e. The molecule has 0 spiro atoms. The lowest BCUT2D eigenvalue weighted by atomic mass is 10.1. The molecular weight excluding hydrogens is 166 g/mol. The summed E-state index contributed by atoms with van der Waals surface area (Å²) in [5.74, 6) is 1.27. The van der Waals surface area contributed by atoms with Crippen molar-refractivity contribution in [1.82, 2.24) is 5.16 Å². The highest BCUT2D eigenvalue weighted by atomic mass is 35.5. The van der Waals surface area contributed by atoms with Crippen LogP contribution < -0.4 is 0 Å². The van der Waals surface area contributed by atoms with Gasteiger partial charge in [-0.3, -0.25) is 0 Å². The van der Waals surface area contributed by atoms with E-state index < -0.39 is 0 Å².